The Balaban J connectivity index is 1.69. The van der Waals surface area contributed by atoms with Crippen LogP contribution in [0.4, 0.5) is 5.69 Å². The van der Waals surface area contributed by atoms with Crippen LogP contribution in [-0.2, 0) is 29.5 Å². The lowest BCUT2D eigenvalue weighted by Crippen LogP contribution is -2.43. The summed E-state index contributed by atoms with van der Waals surface area (Å²) in [5.74, 6) is 0.151. The first-order valence-corrected chi connectivity index (χ1v) is 18.2. The van der Waals surface area contributed by atoms with E-state index < -0.39 is 27.3 Å². The van der Waals surface area contributed by atoms with Gasteiger partial charge in [0.25, 0.3) is 5.91 Å². The van der Waals surface area contributed by atoms with Crippen molar-refractivity contribution in [3.8, 4) is 5.75 Å². The van der Waals surface area contributed by atoms with Gasteiger partial charge in [0, 0.05) is 23.7 Å². The molecule has 0 bridgehead atoms. The van der Waals surface area contributed by atoms with Gasteiger partial charge in [0.1, 0.15) is 12.4 Å². The van der Waals surface area contributed by atoms with Crippen molar-refractivity contribution in [2.24, 2.45) is 17.8 Å². The lowest BCUT2D eigenvalue weighted by Gasteiger charge is -2.42. The Hall–Kier alpha value is -2.81. The first kappa shape index (κ1) is 35.1. The number of allylic oxidation sites excluding steroid dienone is 1. The lowest BCUT2D eigenvalue weighted by atomic mass is 9.70. The fourth-order valence-electron chi connectivity index (χ4n) is 6.55. The molecule has 1 amide bonds. The van der Waals surface area contributed by atoms with Crippen molar-refractivity contribution < 1.29 is 23.1 Å². The summed E-state index contributed by atoms with van der Waals surface area (Å²) in [6.45, 7) is 14.9. The number of aliphatic hydroxyl groups excluding tert-OH is 1. The van der Waals surface area contributed by atoms with E-state index in [1.54, 1.807) is 37.3 Å². The van der Waals surface area contributed by atoms with Crippen LogP contribution in [0.15, 0.2) is 55.6 Å². The number of rotatable bonds is 12. The standard InChI is InChI=1S/C36H49ClN2O5S/c1-6-11-24(4)25(5)45(42,43)38-36(41)26-16-19-35-33(21-26)39(22-27-14-17-30(27)34(40)8-3)20-10-9-13-29-28(23-44-35)15-18-32(37)31(29)12-7-2/h6,8,15-16,18-19,21,24-25,27,30,34,40H,1,3,7,9-14,17,20,22-23H2,2,4-5H3,(H,38,41)/t24-,25+,27-,30+,34-/m0/s1. The van der Waals surface area contributed by atoms with E-state index in [0.29, 0.717) is 25.3 Å². The summed E-state index contributed by atoms with van der Waals surface area (Å²) in [5.41, 5.74) is 4.55. The van der Waals surface area contributed by atoms with Gasteiger partial charge in [-0.15, -0.1) is 13.2 Å². The molecule has 45 heavy (non-hydrogen) atoms. The SMILES string of the molecule is C=CC[C@H](C)[C@@H](C)S(=O)(=O)NC(=O)c1ccc2c(c1)N(C[C@@H]1CC[C@H]1[C@@H](O)C=C)CCCCc1c(ccc(Cl)c1CCC)CO2. The summed E-state index contributed by atoms with van der Waals surface area (Å²) >= 11 is 6.66. The Morgan fingerprint density at radius 3 is 2.64 bits per heavy atom. The fraction of sp³-hybridized carbons (Fsp3) is 0.528. The van der Waals surface area contributed by atoms with Crippen molar-refractivity contribution in [2.75, 3.05) is 18.0 Å². The molecular formula is C36H49ClN2O5S. The molecule has 0 saturated heterocycles. The lowest BCUT2D eigenvalue weighted by molar-refractivity contribution is 0.0465. The molecule has 5 atom stereocenters. The number of halogens is 1. The largest absolute Gasteiger partial charge is 0.487 e. The molecule has 1 aliphatic carbocycles. The van der Waals surface area contributed by atoms with Crippen LogP contribution in [0.1, 0.15) is 86.3 Å². The van der Waals surface area contributed by atoms with Crippen molar-refractivity contribution in [1.29, 1.82) is 0 Å². The number of hydrogen-bond acceptors (Lipinski definition) is 6. The van der Waals surface area contributed by atoms with E-state index in [9.17, 15) is 18.3 Å². The average molecular weight is 657 g/mol. The Bertz CT molecular complexity index is 1480. The predicted molar refractivity (Wildman–Crippen MR) is 184 cm³/mol. The van der Waals surface area contributed by atoms with Gasteiger partial charge in [-0.05, 0) is 111 Å². The maximum absolute atomic E-state index is 13.4. The molecule has 2 aromatic carbocycles. The Kier molecular flexibility index (Phi) is 12.2. The van der Waals surface area contributed by atoms with Crippen LogP contribution in [0.2, 0.25) is 5.02 Å². The smallest absolute Gasteiger partial charge is 0.264 e. The van der Waals surface area contributed by atoms with E-state index >= 15 is 0 Å². The highest BCUT2D eigenvalue weighted by Gasteiger charge is 2.37. The van der Waals surface area contributed by atoms with E-state index in [0.717, 1.165) is 67.8 Å². The minimum absolute atomic E-state index is 0.128. The van der Waals surface area contributed by atoms with Gasteiger partial charge in [-0.3, -0.25) is 4.79 Å². The molecular weight excluding hydrogens is 608 g/mol. The quantitative estimate of drug-likeness (QED) is 0.234. The predicted octanol–water partition coefficient (Wildman–Crippen LogP) is 7.25. The first-order valence-electron chi connectivity index (χ1n) is 16.3. The number of aliphatic hydroxyl groups is 1. The molecule has 4 rings (SSSR count). The fourth-order valence-corrected chi connectivity index (χ4v) is 8.10. The van der Waals surface area contributed by atoms with Crippen molar-refractivity contribution in [2.45, 2.75) is 90.1 Å². The molecule has 9 heteroatoms. The number of nitrogens with zero attached hydrogens (tertiary/aromatic N) is 1. The molecule has 2 aromatic rings. The summed E-state index contributed by atoms with van der Waals surface area (Å²) < 4.78 is 35.0. The molecule has 0 unspecified atom stereocenters. The molecule has 1 aliphatic heterocycles. The molecule has 2 N–H and O–H groups in total. The second kappa shape index (κ2) is 15.7. The monoisotopic (exact) mass is 656 g/mol. The highest BCUT2D eigenvalue weighted by atomic mass is 35.5. The Morgan fingerprint density at radius 1 is 1.20 bits per heavy atom. The number of fused-ring (bicyclic) bond motifs is 2. The Morgan fingerprint density at radius 2 is 1.98 bits per heavy atom. The van der Waals surface area contributed by atoms with Gasteiger partial charge in [-0.1, -0.05) is 50.1 Å². The van der Waals surface area contributed by atoms with Gasteiger partial charge >= 0.3 is 0 Å². The average Bonchev–Trinajstić information content (AvgIpc) is 3.03. The minimum Gasteiger partial charge on any atom is -0.487 e. The summed E-state index contributed by atoms with van der Waals surface area (Å²) in [4.78, 5) is 15.7. The number of benzene rings is 2. The zero-order valence-electron chi connectivity index (χ0n) is 26.9. The van der Waals surface area contributed by atoms with Gasteiger partial charge in [0.15, 0.2) is 0 Å². The third-order valence-corrected chi connectivity index (χ3v) is 12.0. The van der Waals surface area contributed by atoms with Crippen LogP contribution in [0.5, 0.6) is 5.75 Å². The summed E-state index contributed by atoms with van der Waals surface area (Å²) in [6, 6.07) is 9.14. The molecule has 0 radical (unpaired) electrons. The van der Waals surface area contributed by atoms with Crippen molar-refractivity contribution in [3.63, 3.8) is 0 Å². The van der Waals surface area contributed by atoms with E-state index in [1.165, 1.54) is 11.1 Å². The normalized spacial score (nSPS) is 20.6. The number of sulfonamides is 1. The van der Waals surface area contributed by atoms with Gasteiger partial charge in [0.2, 0.25) is 10.0 Å². The summed E-state index contributed by atoms with van der Waals surface area (Å²) in [5, 5.41) is 10.6. The molecule has 0 spiro atoms. The van der Waals surface area contributed by atoms with E-state index in [-0.39, 0.29) is 23.3 Å². The third-order valence-electron chi connectivity index (χ3n) is 9.70. The summed E-state index contributed by atoms with van der Waals surface area (Å²) in [7, 11) is -3.91. The molecule has 246 valence electrons. The number of amides is 1. The molecule has 7 nitrogen and oxygen atoms in total. The van der Waals surface area contributed by atoms with Gasteiger partial charge < -0.3 is 14.7 Å². The van der Waals surface area contributed by atoms with Crippen LogP contribution < -0.4 is 14.4 Å². The highest BCUT2D eigenvalue weighted by molar-refractivity contribution is 7.90. The second-order valence-corrected chi connectivity index (χ2v) is 15.1. The Labute approximate surface area is 274 Å². The highest BCUT2D eigenvalue weighted by Crippen LogP contribution is 2.41. The third kappa shape index (κ3) is 8.32. The number of nitrogens with one attached hydrogen (secondary N) is 1. The van der Waals surface area contributed by atoms with E-state index in [2.05, 4.69) is 29.7 Å². The van der Waals surface area contributed by atoms with Crippen LogP contribution in [0.25, 0.3) is 0 Å². The van der Waals surface area contributed by atoms with Gasteiger partial charge in [0.05, 0.1) is 17.0 Å². The van der Waals surface area contributed by atoms with Crippen molar-refractivity contribution in [1.82, 2.24) is 4.72 Å². The zero-order chi connectivity index (χ0) is 32.7. The topological polar surface area (TPSA) is 95.9 Å². The number of ether oxygens (including phenoxy) is 1. The molecule has 1 saturated carbocycles. The van der Waals surface area contributed by atoms with Crippen LogP contribution in [-0.4, -0.2) is 43.9 Å². The molecule has 1 heterocycles. The van der Waals surface area contributed by atoms with Crippen molar-refractivity contribution in [3.05, 3.63) is 82.9 Å². The molecule has 1 fully saturated rings. The molecule has 0 aromatic heterocycles. The number of carbonyl (C=O) groups is 1. The maximum Gasteiger partial charge on any atom is 0.264 e. The molecule has 2 aliphatic rings. The summed E-state index contributed by atoms with van der Waals surface area (Å²) in [6.07, 6.45) is 9.86. The second-order valence-electron chi connectivity index (χ2n) is 12.7. The zero-order valence-corrected chi connectivity index (χ0v) is 28.5. The van der Waals surface area contributed by atoms with Gasteiger partial charge in [-0.25, -0.2) is 13.1 Å². The van der Waals surface area contributed by atoms with Crippen LogP contribution in [0.3, 0.4) is 0 Å². The van der Waals surface area contributed by atoms with Crippen molar-refractivity contribution >= 4 is 33.2 Å². The maximum atomic E-state index is 13.4. The van der Waals surface area contributed by atoms with Crippen LogP contribution in [0, 0.1) is 17.8 Å². The van der Waals surface area contributed by atoms with Gasteiger partial charge in [-0.2, -0.15) is 0 Å². The van der Waals surface area contributed by atoms with Crippen LogP contribution >= 0.6 is 11.6 Å². The van der Waals surface area contributed by atoms with E-state index in [1.807, 2.05) is 19.1 Å². The number of anilines is 1. The first-order chi connectivity index (χ1) is 21.5. The number of carbonyl (C=O) groups excluding carboxylic acids is 1. The number of hydrogen-bond donors (Lipinski definition) is 2. The minimum atomic E-state index is -3.91. The van der Waals surface area contributed by atoms with E-state index in [4.69, 9.17) is 16.3 Å².